The number of hydrogen-bond donors (Lipinski definition) is 2. The van der Waals surface area contributed by atoms with Gasteiger partial charge in [0.2, 0.25) is 0 Å². The Morgan fingerprint density at radius 3 is 2.75 bits per heavy atom. The van der Waals surface area contributed by atoms with Crippen LogP contribution in [0.4, 0.5) is 5.82 Å². The van der Waals surface area contributed by atoms with Crippen LogP contribution >= 0.6 is 35.6 Å². The Labute approximate surface area is 213 Å². The fourth-order valence-electron chi connectivity index (χ4n) is 4.52. The zero-order valence-electron chi connectivity index (χ0n) is 18.7. The molecule has 4 rings (SSSR count). The molecule has 0 saturated carbocycles. The van der Waals surface area contributed by atoms with Crippen molar-refractivity contribution in [1.82, 2.24) is 20.5 Å². The summed E-state index contributed by atoms with van der Waals surface area (Å²) in [5.41, 5.74) is 1.42. The zero-order valence-corrected chi connectivity index (χ0v) is 21.8. The van der Waals surface area contributed by atoms with Crippen LogP contribution in [0.3, 0.4) is 0 Å². The third-order valence-electron chi connectivity index (χ3n) is 6.28. The summed E-state index contributed by atoms with van der Waals surface area (Å²) in [7, 11) is 1.85. The van der Waals surface area contributed by atoms with Crippen molar-refractivity contribution in [1.29, 1.82) is 0 Å². The van der Waals surface area contributed by atoms with Gasteiger partial charge in [0.1, 0.15) is 5.82 Å². The Balaban J connectivity index is 0.00000289. The smallest absolute Gasteiger partial charge is 0.191 e. The van der Waals surface area contributed by atoms with E-state index in [1.807, 2.05) is 19.2 Å². The minimum atomic E-state index is 0. The molecule has 6 nitrogen and oxygen atoms in total. The fourth-order valence-corrected chi connectivity index (χ4v) is 4.77. The quantitative estimate of drug-likeness (QED) is 0.303. The zero-order chi connectivity index (χ0) is 21.5. The largest absolute Gasteiger partial charge is 0.356 e. The SMILES string of the molecule is CN=C(NCC1CCN(CCc2ccccc2)C1)NC1CCN(c2ncccc2Cl)C1.I. The molecule has 2 aliphatic heterocycles. The first-order valence-corrected chi connectivity index (χ1v) is 11.7. The second kappa shape index (κ2) is 12.6. The fraction of sp³-hybridized carbons (Fsp3) is 0.500. The van der Waals surface area contributed by atoms with E-state index in [9.17, 15) is 0 Å². The third-order valence-corrected chi connectivity index (χ3v) is 6.57. The molecule has 8 heteroatoms. The molecular formula is C24H34ClIN6. The number of nitrogens with one attached hydrogen (secondary N) is 2. The predicted octanol–water partition coefficient (Wildman–Crippen LogP) is 3.66. The van der Waals surface area contributed by atoms with E-state index < -0.39 is 0 Å². The maximum atomic E-state index is 6.31. The van der Waals surface area contributed by atoms with Gasteiger partial charge < -0.3 is 20.4 Å². The highest BCUT2D eigenvalue weighted by Gasteiger charge is 2.26. The maximum Gasteiger partial charge on any atom is 0.191 e. The average Bonchev–Trinajstić information content (AvgIpc) is 3.46. The molecule has 0 radical (unpaired) electrons. The van der Waals surface area contributed by atoms with Crippen LogP contribution in [0.15, 0.2) is 53.7 Å². The van der Waals surface area contributed by atoms with E-state index in [1.54, 1.807) is 6.20 Å². The summed E-state index contributed by atoms with van der Waals surface area (Å²) in [4.78, 5) is 13.7. The Morgan fingerprint density at radius 2 is 1.97 bits per heavy atom. The number of anilines is 1. The first-order valence-electron chi connectivity index (χ1n) is 11.3. The lowest BCUT2D eigenvalue weighted by molar-refractivity contribution is 0.328. The van der Waals surface area contributed by atoms with Gasteiger partial charge >= 0.3 is 0 Å². The Kier molecular flexibility index (Phi) is 9.87. The summed E-state index contributed by atoms with van der Waals surface area (Å²) < 4.78 is 0. The first kappa shape index (κ1) is 25.1. The van der Waals surface area contributed by atoms with Crippen molar-refractivity contribution >= 4 is 47.4 Å². The van der Waals surface area contributed by atoms with Gasteiger partial charge in [0.15, 0.2) is 5.96 Å². The standard InChI is InChI=1S/C24H33ClN6.HI/c1-26-24(29-21-11-15-31(18-21)23-22(25)8-5-12-27-23)28-16-20-10-14-30(17-20)13-9-19-6-3-2-4-7-19;/h2-8,12,20-21H,9-11,13-18H2,1H3,(H2,26,28,29);1H. The number of guanidine groups is 1. The number of aromatic nitrogens is 1. The van der Waals surface area contributed by atoms with E-state index in [-0.39, 0.29) is 24.0 Å². The first-order chi connectivity index (χ1) is 15.2. The normalized spacial score (nSPS) is 21.4. The monoisotopic (exact) mass is 568 g/mol. The van der Waals surface area contributed by atoms with Crippen molar-refractivity contribution in [3.05, 3.63) is 59.2 Å². The molecule has 2 saturated heterocycles. The van der Waals surface area contributed by atoms with Crippen LogP contribution in [0.5, 0.6) is 0 Å². The van der Waals surface area contributed by atoms with E-state index in [0.717, 1.165) is 57.3 Å². The van der Waals surface area contributed by atoms with Crippen LogP contribution in [0, 0.1) is 5.92 Å². The van der Waals surface area contributed by atoms with Gasteiger partial charge in [0.05, 0.1) is 5.02 Å². The molecule has 2 fully saturated rings. The summed E-state index contributed by atoms with van der Waals surface area (Å²) >= 11 is 6.31. The number of halogens is 2. The van der Waals surface area contributed by atoms with Crippen molar-refractivity contribution in [3.8, 4) is 0 Å². The molecule has 2 N–H and O–H groups in total. The Hall–Kier alpha value is -1.58. The van der Waals surface area contributed by atoms with E-state index in [0.29, 0.717) is 17.0 Å². The molecule has 32 heavy (non-hydrogen) atoms. The molecule has 2 atom stereocenters. The minimum Gasteiger partial charge on any atom is -0.356 e. The molecule has 0 amide bonds. The number of pyridine rings is 1. The molecule has 0 bridgehead atoms. The second-order valence-electron chi connectivity index (χ2n) is 8.53. The highest BCUT2D eigenvalue weighted by Crippen LogP contribution is 2.25. The van der Waals surface area contributed by atoms with Crippen molar-refractivity contribution in [2.45, 2.75) is 25.3 Å². The van der Waals surface area contributed by atoms with Gasteiger partial charge in [-0.3, -0.25) is 4.99 Å². The van der Waals surface area contributed by atoms with Gasteiger partial charge in [-0.1, -0.05) is 41.9 Å². The number of likely N-dealkylation sites (tertiary alicyclic amines) is 1. The minimum absolute atomic E-state index is 0. The van der Waals surface area contributed by atoms with Crippen LogP contribution in [0.1, 0.15) is 18.4 Å². The number of benzene rings is 1. The molecule has 2 unspecified atom stereocenters. The van der Waals surface area contributed by atoms with Crippen LogP contribution in [0.25, 0.3) is 0 Å². The van der Waals surface area contributed by atoms with Gasteiger partial charge in [-0.15, -0.1) is 24.0 Å². The van der Waals surface area contributed by atoms with E-state index in [4.69, 9.17) is 11.6 Å². The highest BCUT2D eigenvalue weighted by atomic mass is 127. The lowest BCUT2D eigenvalue weighted by Crippen LogP contribution is -2.46. The molecule has 0 aliphatic carbocycles. The number of hydrogen-bond acceptors (Lipinski definition) is 4. The number of nitrogens with zero attached hydrogens (tertiary/aromatic N) is 4. The van der Waals surface area contributed by atoms with Gasteiger partial charge in [-0.25, -0.2) is 4.98 Å². The van der Waals surface area contributed by atoms with E-state index >= 15 is 0 Å². The molecule has 2 aromatic rings. The van der Waals surface area contributed by atoms with Crippen molar-refractivity contribution in [2.75, 3.05) is 51.2 Å². The van der Waals surface area contributed by atoms with Crippen LogP contribution < -0.4 is 15.5 Å². The Bertz CT molecular complexity index is 865. The summed E-state index contributed by atoms with van der Waals surface area (Å²) in [6.45, 7) is 6.28. The van der Waals surface area contributed by atoms with Gasteiger partial charge in [0.25, 0.3) is 0 Å². The molecule has 0 spiro atoms. The Morgan fingerprint density at radius 1 is 1.12 bits per heavy atom. The molecule has 2 aliphatic rings. The van der Waals surface area contributed by atoms with Gasteiger partial charge in [0, 0.05) is 52.0 Å². The van der Waals surface area contributed by atoms with Crippen LogP contribution in [-0.4, -0.2) is 68.2 Å². The van der Waals surface area contributed by atoms with Crippen molar-refractivity contribution in [2.24, 2.45) is 10.9 Å². The van der Waals surface area contributed by atoms with Gasteiger partial charge in [-0.05, 0) is 49.4 Å². The lowest BCUT2D eigenvalue weighted by Gasteiger charge is -2.21. The third kappa shape index (κ3) is 6.96. The number of aliphatic imine (C=N–C) groups is 1. The average molecular weight is 569 g/mol. The topological polar surface area (TPSA) is 55.8 Å². The molecule has 1 aromatic heterocycles. The maximum absolute atomic E-state index is 6.31. The summed E-state index contributed by atoms with van der Waals surface area (Å²) in [6, 6.07) is 14.9. The summed E-state index contributed by atoms with van der Waals surface area (Å²) in [5, 5.41) is 7.84. The summed E-state index contributed by atoms with van der Waals surface area (Å²) in [6.07, 6.45) is 5.22. The molecule has 174 valence electrons. The second-order valence-corrected chi connectivity index (χ2v) is 8.94. The molecule has 1 aromatic carbocycles. The van der Waals surface area contributed by atoms with Gasteiger partial charge in [-0.2, -0.15) is 0 Å². The lowest BCUT2D eigenvalue weighted by atomic mass is 10.1. The van der Waals surface area contributed by atoms with Crippen LogP contribution in [-0.2, 0) is 6.42 Å². The highest BCUT2D eigenvalue weighted by molar-refractivity contribution is 14.0. The van der Waals surface area contributed by atoms with E-state index in [1.165, 1.54) is 18.5 Å². The summed E-state index contributed by atoms with van der Waals surface area (Å²) in [5.74, 6) is 2.43. The van der Waals surface area contributed by atoms with Crippen molar-refractivity contribution in [3.63, 3.8) is 0 Å². The number of rotatable bonds is 7. The predicted molar refractivity (Wildman–Crippen MR) is 144 cm³/mol. The van der Waals surface area contributed by atoms with E-state index in [2.05, 4.69) is 60.7 Å². The van der Waals surface area contributed by atoms with Crippen molar-refractivity contribution < 1.29 is 0 Å². The molecule has 3 heterocycles. The van der Waals surface area contributed by atoms with Crippen LogP contribution in [0.2, 0.25) is 5.02 Å². The molecular weight excluding hydrogens is 535 g/mol.